The molecular formula is C51H40N12Na4O15S4. The standard InChI is InChI=1S/C51H40N12O15S4.4Na/c1-26-4-2-3-5-39(26)55-43-23-34(64)15-17-40(43)60-57-31-8-6-27-18-46(81(73,74)75)48(50(65)35(27)20-31)62-56-30-12-10-29(11-13-30)54-41-16-14-33(22-45(41)80(70,71)72)59-63-49-47(82(76,77)78)19-28-7-9-32(21-36(28)51(49)66)58-61-42-25-44(79(67,68)69)38(53)24-37(42)52;;;;/h2-25,54-55,64-66H,52-53H2,1H3,(H,67,68,69)(H,70,71,72)(H,73,74,75)(H,76,77,78);;;;. The van der Waals surface area contributed by atoms with Crippen LogP contribution < -0.4 is 22.1 Å². The van der Waals surface area contributed by atoms with Gasteiger partial charge in [-0.2, -0.15) is 54.1 Å². The minimum Gasteiger partial charge on any atom is -0.508 e. The van der Waals surface area contributed by atoms with Crippen LogP contribution in [0.3, 0.4) is 0 Å². The van der Waals surface area contributed by atoms with Crippen LogP contribution in [-0.4, -0.2) is 185 Å². The van der Waals surface area contributed by atoms with Gasteiger partial charge in [-0.05, 0) is 132 Å². The summed E-state index contributed by atoms with van der Waals surface area (Å²) < 4.78 is 139. The van der Waals surface area contributed by atoms with Crippen molar-refractivity contribution in [2.24, 2.45) is 40.9 Å². The van der Waals surface area contributed by atoms with Crippen molar-refractivity contribution in [3.05, 3.63) is 151 Å². The molecule has 0 heterocycles. The van der Waals surface area contributed by atoms with Crippen LogP contribution in [0.4, 0.5) is 79.6 Å². The molecule has 0 aliphatic rings. The normalized spacial score (nSPS) is 12.1. The summed E-state index contributed by atoms with van der Waals surface area (Å²) in [6, 6.07) is 32.6. The summed E-state index contributed by atoms with van der Waals surface area (Å²) in [7, 11) is -20.0. The number of anilines is 6. The number of phenolic OH excluding ortho intramolecular Hbond substituents is 3. The van der Waals surface area contributed by atoms with Gasteiger partial charge in [-0.15, -0.1) is 20.5 Å². The van der Waals surface area contributed by atoms with E-state index < -0.39 is 82.9 Å². The molecular weight excluding hydrogens is 1240 g/mol. The van der Waals surface area contributed by atoms with E-state index in [0.29, 0.717) is 11.4 Å². The molecule has 9 aromatic carbocycles. The zero-order valence-corrected chi connectivity index (χ0v) is 56.9. The molecule has 0 bridgehead atoms. The van der Waals surface area contributed by atoms with Crippen LogP contribution in [0, 0.1) is 6.92 Å². The average Bonchev–Trinajstić information content (AvgIpc) is 3.22. The number of nitrogen functional groups attached to an aromatic ring is 2. The van der Waals surface area contributed by atoms with Crippen molar-refractivity contribution in [3.63, 3.8) is 0 Å². The first-order valence-electron chi connectivity index (χ1n) is 23.1. The number of hydrogen-bond donors (Lipinski definition) is 11. The zero-order chi connectivity index (χ0) is 59.1. The molecule has 9 rings (SSSR count). The van der Waals surface area contributed by atoms with Crippen LogP contribution in [-0.2, 0) is 40.5 Å². The first-order valence-corrected chi connectivity index (χ1v) is 28.9. The Bertz CT molecular complexity index is 4740. The fourth-order valence-electron chi connectivity index (χ4n) is 7.95. The van der Waals surface area contributed by atoms with Crippen molar-refractivity contribution in [3.8, 4) is 17.2 Å². The maximum atomic E-state index is 12.7. The van der Waals surface area contributed by atoms with Gasteiger partial charge in [-0.1, -0.05) is 30.3 Å². The molecule has 0 fully saturated rings. The smallest absolute Gasteiger partial charge is 0.296 e. The van der Waals surface area contributed by atoms with E-state index in [1.54, 1.807) is 0 Å². The number of nitrogens with one attached hydrogen (secondary N) is 2. The molecule has 0 aromatic heterocycles. The fourth-order valence-corrected chi connectivity index (χ4v) is 10.5. The molecule has 0 saturated carbocycles. The van der Waals surface area contributed by atoms with Crippen LogP contribution in [0.1, 0.15) is 5.56 Å². The van der Waals surface area contributed by atoms with Crippen molar-refractivity contribution in [2.75, 3.05) is 22.1 Å². The summed E-state index contributed by atoms with van der Waals surface area (Å²) in [4.78, 5) is -3.16. The summed E-state index contributed by atoms with van der Waals surface area (Å²) in [5.41, 5.74) is 11.8. The van der Waals surface area contributed by atoms with Crippen molar-refractivity contribution >= 4 is 260 Å². The number of azo groups is 4. The van der Waals surface area contributed by atoms with E-state index in [1.807, 2.05) is 31.2 Å². The number of aryl methyl sites for hydroxylation is 1. The Morgan fingerprint density at radius 1 is 0.384 bits per heavy atom. The van der Waals surface area contributed by atoms with Crippen LogP contribution >= 0.6 is 0 Å². The van der Waals surface area contributed by atoms with E-state index in [4.69, 9.17) is 11.5 Å². The number of para-hydroxylation sites is 1. The molecule has 422 valence electrons. The maximum Gasteiger partial charge on any atom is 0.296 e. The van der Waals surface area contributed by atoms with Gasteiger partial charge in [0.25, 0.3) is 40.5 Å². The summed E-state index contributed by atoms with van der Waals surface area (Å²) >= 11 is 0. The predicted molar refractivity (Wildman–Crippen MR) is 324 cm³/mol. The molecule has 0 aliphatic carbocycles. The molecule has 0 amide bonds. The van der Waals surface area contributed by atoms with Gasteiger partial charge in [0.15, 0.2) is 11.5 Å². The van der Waals surface area contributed by atoms with Gasteiger partial charge in [-0.3, -0.25) is 18.2 Å². The van der Waals surface area contributed by atoms with Gasteiger partial charge in [0.05, 0.1) is 45.5 Å². The Balaban J connectivity index is 0.00000337. The van der Waals surface area contributed by atoms with E-state index in [1.165, 1.54) is 84.9 Å². The number of fused-ring (bicyclic) bond motifs is 2. The van der Waals surface area contributed by atoms with E-state index in [2.05, 4.69) is 51.5 Å². The zero-order valence-electron chi connectivity index (χ0n) is 45.6. The summed E-state index contributed by atoms with van der Waals surface area (Å²) in [5, 5.41) is 71.3. The van der Waals surface area contributed by atoms with E-state index in [9.17, 15) is 67.2 Å². The first-order chi connectivity index (χ1) is 38.6. The Morgan fingerprint density at radius 3 is 1.37 bits per heavy atom. The van der Waals surface area contributed by atoms with Gasteiger partial charge in [0.1, 0.15) is 48.1 Å². The monoisotopic (exact) mass is 1280 g/mol. The van der Waals surface area contributed by atoms with Crippen LogP contribution in [0.2, 0.25) is 0 Å². The number of rotatable bonds is 16. The Hall–Kier alpha value is -5.86. The Kier molecular flexibility index (Phi) is 23.5. The predicted octanol–water partition coefficient (Wildman–Crippen LogP) is 11.2. The first kappa shape index (κ1) is 70.9. The van der Waals surface area contributed by atoms with Crippen molar-refractivity contribution < 1.29 is 67.2 Å². The van der Waals surface area contributed by atoms with Gasteiger partial charge in [0, 0.05) is 146 Å². The molecule has 0 saturated heterocycles. The molecule has 0 spiro atoms. The van der Waals surface area contributed by atoms with Crippen LogP contribution in [0.25, 0.3) is 21.5 Å². The second-order valence-corrected chi connectivity index (χ2v) is 23.2. The molecule has 9 aromatic rings. The largest absolute Gasteiger partial charge is 0.508 e. The molecule has 27 nitrogen and oxygen atoms in total. The Labute approximate surface area is 578 Å². The van der Waals surface area contributed by atoms with Gasteiger partial charge < -0.3 is 37.4 Å². The molecule has 0 unspecified atom stereocenters. The molecule has 0 aliphatic heterocycles. The third kappa shape index (κ3) is 16.6. The quantitative estimate of drug-likeness (QED) is 0.0185. The third-order valence-electron chi connectivity index (χ3n) is 11.9. The Morgan fingerprint density at radius 2 is 0.849 bits per heavy atom. The minimum absolute atomic E-state index is 0. The second kappa shape index (κ2) is 28.5. The van der Waals surface area contributed by atoms with Crippen LogP contribution in [0.15, 0.2) is 206 Å². The SMILES string of the molecule is Cc1ccccc1Nc1cc(O)ccc1N=Nc1ccc2cc(S(=O)(=O)O)c(N=Nc3ccc(Nc4ccc(N=Nc5c(S(=O)(=O)O)cc6ccc(N=Nc7cc(S(=O)(=O)O)c(N)cc7N)cc6c5O)cc4S(=O)(=O)O)cc3)c(O)c2c1.[Na].[Na].[Na].[Na]. The van der Waals surface area contributed by atoms with Gasteiger partial charge in [0.2, 0.25) is 0 Å². The maximum absolute atomic E-state index is 12.7. The summed E-state index contributed by atoms with van der Waals surface area (Å²) in [5.74, 6) is -1.58. The van der Waals surface area contributed by atoms with Crippen molar-refractivity contribution in [1.29, 1.82) is 0 Å². The molecule has 86 heavy (non-hydrogen) atoms. The van der Waals surface area contributed by atoms with E-state index in [0.717, 1.165) is 47.6 Å². The molecule has 35 heteroatoms. The van der Waals surface area contributed by atoms with Crippen molar-refractivity contribution in [1.82, 2.24) is 0 Å². The number of phenols is 3. The van der Waals surface area contributed by atoms with Crippen LogP contribution in [0.5, 0.6) is 17.2 Å². The topological polar surface area (TPSA) is 453 Å². The summed E-state index contributed by atoms with van der Waals surface area (Å²) in [6.07, 6.45) is 0. The van der Waals surface area contributed by atoms with Crippen molar-refractivity contribution in [2.45, 2.75) is 26.5 Å². The van der Waals surface area contributed by atoms with E-state index >= 15 is 0 Å². The molecule has 13 N–H and O–H groups in total. The molecule has 4 radical (unpaired) electrons. The van der Waals surface area contributed by atoms with E-state index in [-0.39, 0.29) is 197 Å². The number of hydrogen-bond acceptors (Lipinski definition) is 23. The minimum atomic E-state index is -5.13. The second-order valence-electron chi connectivity index (χ2n) is 17.6. The number of nitrogens with zero attached hydrogens (tertiary/aromatic N) is 8. The number of aromatic hydroxyl groups is 3. The third-order valence-corrected chi connectivity index (χ3v) is 15.5. The van der Waals surface area contributed by atoms with Gasteiger partial charge in [-0.25, -0.2) is 0 Å². The van der Waals surface area contributed by atoms with Gasteiger partial charge >= 0.3 is 0 Å². The number of benzene rings is 9. The molecule has 0 atom stereocenters. The summed E-state index contributed by atoms with van der Waals surface area (Å²) in [6.45, 7) is 1.90. The fraction of sp³-hybridized carbons (Fsp3) is 0.0196. The average molecular weight is 1280 g/mol. The number of nitrogens with two attached hydrogens (primary N) is 2.